The van der Waals surface area contributed by atoms with Crippen LogP contribution in [0.3, 0.4) is 0 Å². The van der Waals surface area contributed by atoms with Gasteiger partial charge in [-0.3, -0.25) is 0 Å². The summed E-state index contributed by atoms with van der Waals surface area (Å²) < 4.78 is 0.853. The van der Waals surface area contributed by atoms with E-state index < -0.39 is 0 Å². The molecular weight excluding hydrogens is 352 g/mol. The van der Waals surface area contributed by atoms with Crippen LogP contribution >= 0.6 is 38.9 Å². The van der Waals surface area contributed by atoms with Crippen LogP contribution in [0.25, 0.3) is 0 Å². The van der Waals surface area contributed by atoms with Gasteiger partial charge in [0.15, 0.2) is 0 Å². The van der Waals surface area contributed by atoms with E-state index in [1.165, 1.54) is 27.1 Å². The lowest BCUT2D eigenvalue weighted by atomic mass is 9.91. The Bertz CT molecular complexity index is 563. The lowest BCUT2D eigenvalue weighted by molar-refractivity contribution is 0.981. The van der Waals surface area contributed by atoms with Crippen molar-refractivity contribution in [1.82, 2.24) is 0 Å². The lowest BCUT2D eigenvalue weighted by Crippen LogP contribution is -2.04. The van der Waals surface area contributed by atoms with Crippen LogP contribution in [-0.4, -0.2) is 0 Å². The first-order valence-electron chi connectivity index (χ1n) is 7.14. The van der Waals surface area contributed by atoms with Crippen LogP contribution in [-0.2, 0) is 19.3 Å². The molecule has 0 saturated heterocycles. The molecule has 3 heteroatoms. The van der Waals surface area contributed by atoms with Gasteiger partial charge in [-0.15, -0.1) is 11.3 Å². The average molecular weight is 372 g/mol. The Morgan fingerprint density at radius 3 is 2.05 bits per heavy atom. The van der Waals surface area contributed by atoms with Gasteiger partial charge < -0.3 is 0 Å². The Labute approximate surface area is 139 Å². The van der Waals surface area contributed by atoms with Gasteiger partial charge >= 0.3 is 0 Å². The highest BCUT2D eigenvalue weighted by Crippen LogP contribution is 2.40. The third-order valence-electron chi connectivity index (χ3n) is 3.68. The molecule has 2 aromatic rings. The van der Waals surface area contributed by atoms with Crippen LogP contribution in [0, 0.1) is 0 Å². The summed E-state index contributed by atoms with van der Waals surface area (Å²) >= 11 is 11.6. The summed E-state index contributed by atoms with van der Waals surface area (Å²) in [5, 5.41) is 0. The second kappa shape index (κ2) is 7.11. The molecule has 0 bridgehead atoms. The van der Waals surface area contributed by atoms with Crippen molar-refractivity contribution in [2.24, 2.45) is 0 Å². The summed E-state index contributed by atoms with van der Waals surface area (Å²) in [6, 6.07) is 8.82. The molecule has 0 saturated carbocycles. The SMILES string of the molecule is CCc1cc(CC)c(C(Br)c2ccc(Cl)s2)c(CC)c1. The third-order valence-corrected chi connectivity index (χ3v) is 6.23. The van der Waals surface area contributed by atoms with Gasteiger partial charge in [0.1, 0.15) is 0 Å². The first kappa shape index (κ1) is 16.1. The normalized spacial score (nSPS) is 12.7. The zero-order chi connectivity index (χ0) is 14.7. The van der Waals surface area contributed by atoms with Crippen molar-refractivity contribution in [3.63, 3.8) is 0 Å². The predicted octanol–water partition coefficient (Wildman–Crippen LogP) is 6.57. The smallest absolute Gasteiger partial charge is 0.0931 e. The molecule has 0 amide bonds. The van der Waals surface area contributed by atoms with Gasteiger partial charge in [0, 0.05) is 4.88 Å². The molecule has 20 heavy (non-hydrogen) atoms. The molecular formula is C17H20BrClS. The maximum Gasteiger partial charge on any atom is 0.0931 e. The Balaban J connectivity index is 2.53. The summed E-state index contributed by atoms with van der Waals surface area (Å²) in [4.78, 5) is 1.53. The maximum absolute atomic E-state index is 6.08. The van der Waals surface area contributed by atoms with E-state index in [4.69, 9.17) is 11.6 Å². The molecule has 1 heterocycles. The van der Waals surface area contributed by atoms with Gasteiger partial charge in [-0.2, -0.15) is 0 Å². The minimum absolute atomic E-state index is 0.246. The first-order valence-corrected chi connectivity index (χ1v) is 9.25. The van der Waals surface area contributed by atoms with E-state index in [9.17, 15) is 0 Å². The van der Waals surface area contributed by atoms with Gasteiger partial charge in [-0.1, -0.05) is 60.4 Å². The number of hydrogen-bond donors (Lipinski definition) is 0. The van der Waals surface area contributed by atoms with Crippen molar-refractivity contribution < 1.29 is 0 Å². The fourth-order valence-electron chi connectivity index (χ4n) is 2.57. The molecule has 0 nitrogen and oxygen atoms in total. The Morgan fingerprint density at radius 2 is 1.65 bits per heavy atom. The molecule has 2 rings (SSSR count). The second-order valence-corrected chi connectivity index (χ2v) is 7.56. The van der Waals surface area contributed by atoms with Crippen molar-refractivity contribution in [3.8, 4) is 0 Å². The van der Waals surface area contributed by atoms with Crippen LogP contribution in [0.4, 0.5) is 0 Å². The Kier molecular flexibility index (Phi) is 5.71. The highest BCUT2D eigenvalue weighted by Gasteiger charge is 2.19. The molecule has 0 fully saturated rings. The second-order valence-electron chi connectivity index (χ2n) is 4.89. The topological polar surface area (TPSA) is 0 Å². The molecule has 1 aromatic carbocycles. The highest BCUT2D eigenvalue weighted by molar-refractivity contribution is 9.09. The van der Waals surface area contributed by atoms with Crippen molar-refractivity contribution in [2.45, 2.75) is 44.9 Å². The van der Waals surface area contributed by atoms with Gasteiger partial charge in [-0.05, 0) is 53.6 Å². The summed E-state index contributed by atoms with van der Waals surface area (Å²) in [7, 11) is 0. The van der Waals surface area contributed by atoms with E-state index in [0.29, 0.717) is 0 Å². The van der Waals surface area contributed by atoms with Gasteiger partial charge in [0.2, 0.25) is 0 Å². The zero-order valence-corrected chi connectivity index (χ0v) is 15.3. The molecule has 0 spiro atoms. The molecule has 0 N–H and O–H groups in total. The van der Waals surface area contributed by atoms with Gasteiger partial charge in [0.25, 0.3) is 0 Å². The molecule has 108 valence electrons. The van der Waals surface area contributed by atoms with Crippen molar-refractivity contribution in [1.29, 1.82) is 0 Å². The maximum atomic E-state index is 6.08. The number of thiophene rings is 1. The third kappa shape index (κ3) is 3.29. The summed E-state index contributed by atoms with van der Waals surface area (Å²) in [5.41, 5.74) is 5.78. The monoisotopic (exact) mass is 370 g/mol. The number of alkyl halides is 1. The van der Waals surface area contributed by atoms with Crippen LogP contribution in [0.5, 0.6) is 0 Å². The number of halogens is 2. The number of hydrogen-bond acceptors (Lipinski definition) is 1. The predicted molar refractivity (Wildman–Crippen MR) is 94.7 cm³/mol. The summed E-state index contributed by atoms with van der Waals surface area (Å²) in [6.45, 7) is 6.69. The highest BCUT2D eigenvalue weighted by atomic mass is 79.9. The van der Waals surface area contributed by atoms with Crippen molar-refractivity contribution >= 4 is 38.9 Å². The Hall–Kier alpha value is -0.310. The minimum atomic E-state index is 0.246. The molecule has 1 atom stereocenters. The molecule has 1 aromatic heterocycles. The van der Waals surface area contributed by atoms with E-state index in [2.05, 4.69) is 54.9 Å². The average Bonchev–Trinajstić information content (AvgIpc) is 2.91. The summed E-state index contributed by atoms with van der Waals surface area (Å²) in [6.07, 6.45) is 3.23. The summed E-state index contributed by atoms with van der Waals surface area (Å²) in [5.74, 6) is 0. The van der Waals surface area contributed by atoms with Crippen LogP contribution in [0.2, 0.25) is 4.34 Å². The van der Waals surface area contributed by atoms with E-state index >= 15 is 0 Å². The largest absolute Gasteiger partial charge is 0.127 e. The number of rotatable bonds is 5. The van der Waals surface area contributed by atoms with E-state index in [1.54, 1.807) is 11.3 Å². The van der Waals surface area contributed by atoms with E-state index in [0.717, 1.165) is 23.6 Å². The van der Waals surface area contributed by atoms with E-state index in [-0.39, 0.29) is 4.83 Å². The van der Waals surface area contributed by atoms with E-state index in [1.807, 2.05) is 6.07 Å². The molecule has 0 aliphatic carbocycles. The fourth-order valence-corrected chi connectivity index (χ4v) is 4.64. The quantitative estimate of drug-likeness (QED) is 0.521. The first-order chi connectivity index (χ1) is 9.60. The lowest BCUT2D eigenvalue weighted by Gasteiger charge is -2.19. The molecule has 0 radical (unpaired) electrons. The standard InChI is InChI=1S/C17H20BrClS/c1-4-11-9-12(5-2)16(13(6-3)10-11)17(18)14-7-8-15(19)20-14/h7-10,17H,4-6H2,1-3H3. The minimum Gasteiger partial charge on any atom is -0.127 e. The van der Waals surface area contributed by atoms with Crippen molar-refractivity contribution in [2.75, 3.05) is 0 Å². The fraction of sp³-hybridized carbons (Fsp3) is 0.412. The number of benzene rings is 1. The van der Waals surface area contributed by atoms with Gasteiger partial charge in [-0.25, -0.2) is 0 Å². The molecule has 0 aliphatic rings. The van der Waals surface area contributed by atoms with Crippen LogP contribution in [0.1, 0.15) is 52.7 Å². The van der Waals surface area contributed by atoms with Gasteiger partial charge in [0.05, 0.1) is 9.16 Å². The van der Waals surface area contributed by atoms with Crippen LogP contribution < -0.4 is 0 Å². The molecule has 1 unspecified atom stereocenters. The zero-order valence-electron chi connectivity index (χ0n) is 12.2. The molecule has 0 aliphatic heterocycles. The van der Waals surface area contributed by atoms with Crippen molar-refractivity contribution in [3.05, 3.63) is 55.7 Å². The number of aryl methyl sites for hydroxylation is 3. The Morgan fingerprint density at radius 1 is 1.05 bits per heavy atom. The van der Waals surface area contributed by atoms with Crippen LogP contribution in [0.15, 0.2) is 24.3 Å².